The highest BCUT2D eigenvalue weighted by atomic mass is 16.5. The second-order valence-corrected chi connectivity index (χ2v) is 5.94. The lowest BCUT2D eigenvalue weighted by Gasteiger charge is -2.16. The Balaban J connectivity index is 2.03. The van der Waals surface area contributed by atoms with Crippen molar-refractivity contribution in [1.29, 1.82) is 0 Å². The maximum absolute atomic E-state index is 5.43. The first-order valence-electron chi connectivity index (χ1n) is 8.57. The van der Waals surface area contributed by atoms with Crippen molar-refractivity contribution in [3.63, 3.8) is 0 Å². The Morgan fingerprint density at radius 3 is 2.00 bits per heavy atom. The van der Waals surface area contributed by atoms with Crippen LogP contribution in [0.15, 0.2) is 42.5 Å². The number of benzene rings is 2. The fourth-order valence-electron chi connectivity index (χ4n) is 3.16. The van der Waals surface area contributed by atoms with Gasteiger partial charge in [-0.25, -0.2) is 0 Å². The van der Waals surface area contributed by atoms with Gasteiger partial charge in [0.15, 0.2) is 11.5 Å². The summed E-state index contributed by atoms with van der Waals surface area (Å²) in [5.41, 5.74) is 2.65. The van der Waals surface area contributed by atoms with Crippen molar-refractivity contribution < 1.29 is 14.2 Å². The van der Waals surface area contributed by atoms with Crippen LogP contribution in [0.2, 0.25) is 0 Å². The van der Waals surface area contributed by atoms with Crippen molar-refractivity contribution in [1.82, 2.24) is 0 Å². The van der Waals surface area contributed by atoms with E-state index in [2.05, 4.69) is 37.3 Å². The third-order valence-electron chi connectivity index (χ3n) is 4.51. The minimum absolute atomic E-state index is 0.619. The molecule has 1 unspecified atom stereocenters. The average Bonchev–Trinajstić information content (AvgIpc) is 2.65. The largest absolute Gasteiger partial charge is 0.493 e. The summed E-state index contributed by atoms with van der Waals surface area (Å²) < 4.78 is 16.2. The highest BCUT2D eigenvalue weighted by Gasteiger charge is 2.14. The Labute approximate surface area is 145 Å². The van der Waals surface area contributed by atoms with Crippen LogP contribution in [0.4, 0.5) is 0 Å². The molecule has 2 rings (SSSR count). The molecule has 0 saturated heterocycles. The smallest absolute Gasteiger partial charge is 0.203 e. The van der Waals surface area contributed by atoms with Gasteiger partial charge in [-0.3, -0.25) is 0 Å². The molecule has 0 bridgehead atoms. The van der Waals surface area contributed by atoms with Crippen molar-refractivity contribution in [3.8, 4) is 17.2 Å². The second-order valence-electron chi connectivity index (χ2n) is 5.94. The van der Waals surface area contributed by atoms with E-state index in [-0.39, 0.29) is 0 Å². The van der Waals surface area contributed by atoms with Crippen LogP contribution >= 0.6 is 0 Å². The molecule has 0 spiro atoms. The Morgan fingerprint density at radius 2 is 1.50 bits per heavy atom. The third-order valence-corrected chi connectivity index (χ3v) is 4.51. The monoisotopic (exact) mass is 328 g/mol. The van der Waals surface area contributed by atoms with Gasteiger partial charge in [0.05, 0.1) is 21.3 Å². The van der Waals surface area contributed by atoms with Crippen LogP contribution in [-0.4, -0.2) is 21.3 Å². The zero-order chi connectivity index (χ0) is 17.4. The first-order valence-corrected chi connectivity index (χ1v) is 8.57. The number of rotatable bonds is 9. The molecule has 3 heteroatoms. The first kappa shape index (κ1) is 18.2. The quantitative estimate of drug-likeness (QED) is 0.631. The number of ether oxygens (including phenoxy) is 3. The van der Waals surface area contributed by atoms with E-state index in [9.17, 15) is 0 Å². The average molecular weight is 328 g/mol. The summed E-state index contributed by atoms with van der Waals surface area (Å²) in [6.07, 6.45) is 4.47. The Kier molecular flexibility index (Phi) is 6.98. The van der Waals surface area contributed by atoms with Crippen molar-refractivity contribution in [2.45, 2.75) is 38.5 Å². The van der Waals surface area contributed by atoms with Gasteiger partial charge < -0.3 is 14.2 Å². The van der Waals surface area contributed by atoms with Gasteiger partial charge in [-0.05, 0) is 54.9 Å². The molecule has 0 heterocycles. The molecule has 0 fully saturated rings. The van der Waals surface area contributed by atoms with Crippen LogP contribution < -0.4 is 14.2 Å². The van der Waals surface area contributed by atoms with Gasteiger partial charge in [-0.2, -0.15) is 0 Å². The van der Waals surface area contributed by atoms with Gasteiger partial charge >= 0.3 is 0 Å². The molecule has 0 radical (unpaired) electrons. The maximum Gasteiger partial charge on any atom is 0.203 e. The molecule has 24 heavy (non-hydrogen) atoms. The molecule has 0 amide bonds. The number of methoxy groups -OCH3 is 3. The molecule has 0 saturated carbocycles. The van der Waals surface area contributed by atoms with Crippen molar-refractivity contribution in [2.75, 3.05) is 21.3 Å². The van der Waals surface area contributed by atoms with E-state index < -0.39 is 0 Å². The Morgan fingerprint density at radius 1 is 0.875 bits per heavy atom. The van der Waals surface area contributed by atoms with E-state index in [1.807, 2.05) is 12.1 Å². The van der Waals surface area contributed by atoms with Gasteiger partial charge in [-0.1, -0.05) is 37.3 Å². The minimum Gasteiger partial charge on any atom is -0.493 e. The van der Waals surface area contributed by atoms with E-state index in [1.165, 1.54) is 24.0 Å². The lowest BCUT2D eigenvalue weighted by atomic mass is 9.90. The van der Waals surface area contributed by atoms with Crippen molar-refractivity contribution in [3.05, 3.63) is 53.6 Å². The fourth-order valence-corrected chi connectivity index (χ4v) is 3.16. The number of hydrogen-bond donors (Lipinski definition) is 0. The van der Waals surface area contributed by atoms with E-state index in [0.29, 0.717) is 11.7 Å². The van der Waals surface area contributed by atoms with E-state index >= 15 is 0 Å². The Hall–Kier alpha value is -2.16. The van der Waals surface area contributed by atoms with Crippen LogP contribution in [0.1, 0.15) is 43.2 Å². The summed E-state index contributed by atoms with van der Waals surface area (Å²) in [6, 6.07) is 14.9. The third kappa shape index (κ3) is 4.44. The van der Waals surface area contributed by atoms with Crippen LogP contribution in [0.5, 0.6) is 17.2 Å². The molecule has 0 aromatic heterocycles. The van der Waals surface area contributed by atoms with Gasteiger partial charge in [0.1, 0.15) is 0 Å². The molecule has 0 aliphatic heterocycles. The molecule has 0 N–H and O–H groups in total. The molecule has 2 aromatic carbocycles. The van der Waals surface area contributed by atoms with Gasteiger partial charge in [0, 0.05) is 0 Å². The summed E-state index contributed by atoms with van der Waals surface area (Å²) in [4.78, 5) is 0. The standard InChI is InChI=1S/C21H28O3/c1-5-17(18-11-7-6-8-12-18)13-9-10-16-14-19(22-2)21(24-4)20(15-16)23-3/h6-8,11-12,14-15,17H,5,9-10,13H2,1-4H3. The van der Waals surface area contributed by atoms with Crippen LogP contribution in [0.25, 0.3) is 0 Å². The predicted octanol–water partition coefficient (Wildman–Crippen LogP) is 5.23. The van der Waals surface area contributed by atoms with Crippen LogP contribution in [0.3, 0.4) is 0 Å². The SMILES string of the molecule is CCC(CCCc1cc(OC)c(OC)c(OC)c1)c1ccccc1. The summed E-state index contributed by atoms with van der Waals surface area (Å²) in [6.45, 7) is 2.26. The van der Waals surface area contributed by atoms with Crippen molar-refractivity contribution >= 4 is 0 Å². The fraction of sp³-hybridized carbons (Fsp3) is 0.429. The molecule has 2 aromatic rings. The maximum atomic E-state index is 5.43. The number of aryl methyl sites for hydroxylation is 1. The molecule has 1 atom stereocenters. The van der Waals surface area contributed by atoms with Crippen LogP contribution in [0, 0.1) is 0 Å². The van der Waals surface area contributed by atoms with Gasteiger partial charge in [0.2, 0.25) is 5.75 Å². The zero-order valence-electron chi connectivity index (χ0n) is 15.2. The summed E-state index contributed by atoms with van der Waals surface area (Å²) in [5.74, 6) is 2.72. The van der Waals surface area contributed by atoms with E-state index in [1.54, 1.807) is 21.3 Å². The van der Waals surface area contributed by atoms with Gasteiger partial charge in [0.25, 0.3) is 0 Å². The topological polar surface area (TPSA) is 27.7 Å². The van der Waals surface area contributed by atoms with E-state index in [4.69, 9.17) is 14.2 Å². The Bertz CT molecular complexity index is 597. The highest BCUT2D eigenvalue weighted by molar-refractivity contribution is 5.53. The molecule has 0 aliphatic carbocycles. The normalized spacial score (nSPS) is 11.8. The second kappa shape index (κ2) is 9.21. The number of hydrogen-bond acceptors (Lipinski definition) is 3. The summed E-state index contributed by atoms with van der Waals surface area (Å²) >= 11 is 0. The van der Waals surface area contributed by atoms with E-state index in [0.717, 1.165) is 24.3 Å². The zero-order valence-corrected chi connectivity index (χ0v) is 15.2. The lowest BCUT2D eigenvalue weighted by Crippen LogP contribution is -2.00. The summed E-state index contributed by atoms with van der Waals surface area (Å²) in [7, 11) is 4.94. The molecular formula is C21H28O3. The lowest BCUT2D eigenvalue weighted by molar-refractivity contribution is 0.323. The molecular weight excluding hydrogens is 300 g/mol. The first-order chi connectivity index (χ1) is 11.7. The highest BCUT2D eigenvalue weighted by Crippen LogP contribution is 2.38. The minimum atomic E-state index is 0.619. The van der Waals surface area contributed by atoms with Gasteiger partial charge in [-0.15, -0.1) is 0 Å². The molecule has 0 aliphatic rings. The molecule has 3 nitrogen and oxygen atoms in total. The predicted molar refractivity (Wildman–Crippen MR) is 98.5 cm³/mol. The molecule has 130 valence electrons. The summed E-state index contributed by atoms with van der Waals surface area (Å²) in [5, 5.41) is 0. The van der Waals surface area contributed by atoms with Crippen molar-refractivity contribution in [2.24, 2.45) is 0 Å². The van der Waals surface area contributed by atoms with Crippen LogP contribution in [-0.2, 0) is 6.42 Å².